The average Bonchev–Trinajstić information content (AvgIpc) is 2.75. The van der Waals surface area contributed by atoms with E-state index in [-0.39, 0.29) is 5.69 Å². The monoisotopic (exact) mass is 256 g/mol. The summed E-state index contributed by atoms with van der Waals surface area (Å²) in [6, 6.07) is 12.6. The second-order valence-electron chi connectivity index (χ2n) is 4.11. The van der Waals surface area contributed by atoms with Crippen molar-refractivity contribution in [2.24, 2.45) is 7.05 Å². The van der Waals surface area contributed by atoms with Gasteiger partial charge in [0.25, 0.3) is 0 Å². The molecule has 1 unspecified atom stereocenters. The smallest absolute Gasteiger partial charge is 0.338 e. The van der Waals surface area contributed by atoms with Gasteiger partial charge in [0.05, 0.1) is 5.69 Å². The van der Waals surface area contributed by atoms with Crippen molar-refractivity contribution in [3.8, 4) is 17.2 Å². The van der Waals surface area contributed by atoms with Crippen LogP contribution in [0.3, 0.4) is 0 Å². The van der Waals surface area contributed by atoms with E-state index in [2.05, 4.69) is 0 Å². The van der Waals surface area contributed by atoms with Crippen LogP contribution in [-0.2, 0) is 11.8 Å². The highest BCUT2D eigenvalue weighted by Crippen LogP contribution is 2.31. The Hall–Kier alpha value is -2.58. The summed E-state index contributed by atoms with van der Waals surface area (Å²) >= 11 is 0. The number of nitrogens with zero attached hydrogens (tertiary/aromatic N) is 2. The lowest BCUT2D eigenvalue weighted by Gasteiger charge is -2.11. The second-order valence-corrected chi connectivity index (χ2v) is 4.11. The molecule has 0 aliphatic carbocycles. The molecule has 5 heteroatoms. The Bertz CT molecular complexity index is 653. The molecule has 0 aliphatic rings. The zero-order valence-electron chi connectivity index (χ0n) is 10.2. The predicted molar refractivity (Wildman–Crippen MR) is 68.2 cm³/mol. The van der Waals surface area contributed by atoms with Crippen LogP contribution in [0.1, 0.15) is 17.5 Å². The van der Waals surface area contributed by atoms with Gasteiger partial charge in [-0.3, -0.25) is 0 Å². The van der Waals surface area contributed by atoms with Crippen molar-refractivity contribution in [2.45, 2.75) is 6.10 Å². The van der Waals surface area contributed by atoms with Gasteiger partial charge in [-0.05, 0) is 11.6 Å². The molecule has 96 valence electrons. The molecule has 0 fully saturated rings. The van der Waals surface area contributed by atoms with Crippen molar-refractivity contribution < 1.29 is 15.0 Å². The number of hydrogen-bond acceptors (Lipinski definition) is 3. The highest BCUT2D eigenvalue weighted by Gasteiger charge is 2.25. The van der Waals surface area contributed by atoms with Gasteiger partial charge < -0.3 is 14.8 Å². The van der Waals surface area contributed by atoms with Crippen LogP contribution in [0.4, 0.5) is 0 Å². The fourth-order valence-corrected chi connectivity index (χ4v) is 2.02. The Labute approximate surface area is 110 Å². The van der Waals surface area contributed by atoms with Crippen molar-refractivity contribution in [1.82, 2.24) is 4.57 Å². The highest BCUT2D eigenvalue weighted by molar-refractivity contribution is 5.79. The number of aromatic nitrogens is 1. The largest absolute Gasteiger partial charge is 0.479 e. The fraction of sp³-hybridized carbons (Fsp3) is 0.143. The number of aliphatic hydroxyl groups excluding tert-OH is 1. The van der Waals surface area contributed by atoms with Crippen LogP contribution in [0.2, 0.25) is 0 Å². The van der Waals surface area contributed by atoms with E-state index in [4.69, 9.17) is 10.4 Å². The molecule has 0 saturated heterocycles. The lowest BCUT2D eigenvalue weighted by Crippen LogP contribution is -2.15. The lowest BCUT2D eigenvalue weighted by atomic mass is 10.0. The first-order valence-electron chi connectivity index (χ1n) is 5.62. The van der Waals surface area contributed by atoms with Crippen LogP contribution >= 0.6 is 0 Å². The van der Waals surface area contributed by atoms with Crippen molar-refractivity contribution >= 4 is 5.97 Å². The van der Waals surface area contributed by atoms with E-state index in [1.807, 2.05) is 24.3 Å². The molecule has 0 aliphatic heterocycles. The Kier molecular flexibility index (Phi) is 3.36. The number of carbonyl (C=O) groups is 1. The second kappa shape index (κ2) is 4.96. The number of aliphatic hydroxyl groups is 1. The number of aliphatic carboxylic acids is 1. The number of rotatable bonds is 3. The van der Waals surface area contributed by atoms with Crippen LogP contribution in [0.15, 0.2) is 36.4 Å². The lowest BCUT2D eigenvalue weighted by molar-refractivity contribution is -0.147. The number of hydrogen-bond donors (Lipinski definition) is 2. The number of nitriles is 1. The van der Waals surface area contributed by atoms with Gasteiger partial charge in [0.1, 0.15) is 11.8 Å². The normalized spacial score (nSPS) is 11.8. The van der Waals surface area contributed by atoms with Crippen LogP contribution in [-0.4, -0.2) is 20.7 Å². The van der Waals surface area contributed by atoms with E-state index >= 15 is 0 Å². The topological polar surface area (TPSA) is 86.3 Å². The summed E-state index contributed by atoms with van der Waals surface area (Å²) in [7, 11) is 1.56. The Morgan fingerprint density at radius 1 is 1.37 bits per heavy atom. The first-order valence-corrected chi connectivity index (χ1v) is 5.62. The third kappa shape index (κ3) is 2.21. The van der Waals surface area contributed by atoms with Gasteiger partial charge in [0.15, 0.2) is 6.10 Å². The molecule has 0 amide bonds. The SMILES string of the molecule is Cn1c(C#N)cc(-c2ccccc2)c1C(O)C(=O)O. The van der Waals surface area contributed by atoms with Crippen molar-refractivity contribution in [3.63, 3.8) is 0 Å². The van der Waals surface area contributed by atoms with Gasteiger partial charge in [-0.25, -0.2) is 4.79 Å². The molecule has 2 rings (SSSR count). The fourth-order valence-electron chi connectivity index (χ4n) is 2.02. The third-order valence-electron chi connectivity index (χ3n) is 2.97. The standard InChI is InChI=1S/C14H12N2O3/c1-16-10(8-15)7-11(9-5-3-2-4-6-9)12(16)13(17)14(18)19/h2-7,13,17H,1H3,(H,18,19). The van der Waals surface area contributed by atoms with E-state index in [0.717, 1.165) is 5.56 Å². The first kappa shape index (κ1) is 12.9. The molecule has 1 atom stereocenters. The summed E-state index contributed by atoms with van der Waals surface area (Å²) in [6.45, 7) is 0. The van der Waals surface area contributed by atoms with Crippen LogP contribution in [0, 0.1) is 11.3 Å². The molecule has 0 spiro atoms. The van der Waals surface area contributed by atoms with Crippen LogP contribution < -0.4 is 0 Å². The Morgan fingerprint density at radius 2 is 2.00 bits per heavy atom. The summed E-state index contributed by atoms with van der Waals surface area (Å²) in [4.78, 5) is 11.0. The molecule has 0 bridgehead atoms. The highest BCUT2D eigenvalue weighted by atomic mass is 16.4. The minimum Gasteiger partial charge on any atom is -0.479 e. The Balaban J connectivity index is 2.68. The minimum absolute atomic E-state index is 0.204. The molecule has 0 radical (unpaired) electrons. The summed E-state index contributed by atoms with van der Waals surface area (Å²) in [5.41, 5.74) is 1.81. The number of benzene rings is 1. The quantitative estimate of drug-likeness (QED) is 0.874. The van der Waals surface area contributed by atoms with E-state index in [0.29, 0.717) is 11.3 Å². The average molecular weight is 256 g/mol. The molecule has 2 aromatic rings. The molecule has 1 heterocycles. The van der Waals surface area contributed by atoms with Crippen molar-refractivity contribution in [2.75, 3.05) is 0 Å². The first-order chi connectivity index (χ1) is 9.06. The van der Waals surface area contributed by atoms with Crippen LogP contribution in [0.5, 0.6) is 0 Å². The molecule has 1 aromatic carbocycles. The van der Waals surface area contributed by atoms with Gasteiger partial charge in [-0.15, -0.1) is 0 Å². The molecular weight excluding hydrogens is 244 g/mol. The van der Waals surface area contributed by atoms with Gasteiger partial charge in [0.2, 0.25) is 0 Å². The van der Waals surface area contributed by atoms with Gasteiger partial charge in [0, 0.05) is 12.6 Å². The van der Waals surface area contributed by atoms with E-state index in [1.165, 1.54) is 4.57 Å². The molecule has 0 saturated carbocycles. The zero-order chi connectivity index (χ0) is 14.0. The molecular formula is C14H12N2O3. The maximum atomic E-state index is 11.0. The summed E-state index contributed by atoms with van der Waals surface area (Å²) < 4.78 is 1.40. The van der Waals surface area contributed by atoms with Crippen molar-refractivity contribution in [3.05, 3.63) is 47.8 Å². The summed E-state index contributed by atoms with van der Waals surface area (Å²) in [6.07, 6.45) is -1.66. The minimum atomic E-state index is -1.66. The predicted octanol–water partition coefficient (Wildman–Crippen LogP) is 1.68. The maximum Gasteiger partial charge on any atom is 0.338 e. The van der Waals surface area contributed by atoms with Crippen LogP contribution in [0.25, 0.3) is 11.1 Å². The molecule has 2 N–H and O–H groups in total. The molecule has 5 nitrogen and oxygen atoms in total. The van der Waals surface area contributed by atoms with Gasteiger partial charge in [-0.2, -0.15) is 5.26 Å². The van der Waals surface area contributed by atoms with E-state index in [9.17, 15) is 9.90 Å². The molecule has 1 aromatic heterocycles. The summed E-state index contributed by atoms with van der Waals surface area (Å²) in [5.74, 6) is -1.34. The zero-order valence-corrected chi connectivity index (χ0v) is 10.2. The van der Waals surface area contributed by atoms with Crippen molar-refractivity contribution in [1.29, 1.82) is 5.26 Å². The third-order valence-corrected chi connectivity index (χ3v) is 2.97. The number of carboxylic acids is 1. The Morgan fingerprint density at radius 3 is 2.53 bits per heavy atom. The van der Waals surface area contributed by atoms with E-state index < -0.39 is 12.1 Å². The van der Waals surface area contributed by atoms with Gasteiger partial charge in [-0.1, -0.05) is 30.3 Å². The number of carboxylic acid groups (broad SMARTS) is 1. The maximum absolute atomic E-state index is 11.0. The molecule has 19 heavy (non-hydrogen) atoms. The summed E-state index contributed by atoms with van der Waals surface area (Å²) in [5, 5.41) is 27.8. The van der Waals surface area contributed by atoms with E-state index in [1.54, 1.807) is 25.2 Å². The van der Waals surface area contributed by atoms with Gasteiger partial charge >= 0.3 is 5.97 Å².